The fourth-order valence-electron chi connectivity index (χ4n) is 2.99. The smallest absolute Gasteiger partial charge is 0.0386 e. The molecule has 2 aromatic rings. The van der Waals surface area contributed by atoms with Crippen molar-refractivity contribution in [2.75, 3.05) is 6.54 Å². The second kappa shape index (κ2) is 6.23. The van der Waals surface area contributed by atoms with Crippen LogP contribution in [0.1, 0.15) is 59.8 Å². The minimum absolute atomic E-state index is 0.208. The van der Waals surface area contributed by atoms with Gasteiger partial charge in [0.15, 0.2) is 0 Å². The van der Waals surface area contributed by atoms with Crippen LogP contribution in [0, 0.1) is 0 Å². The summed E-state index contributed by atoms with van der Waals surface area (Å²) < 4.78 is 0. The van der Waals surface area contributed by atoms with E-state index in [-0.39, 0.29) is 5.41 Å². The van der Waals surface area contributed by atoms with Crippen molar-refractivity contribution >= 4 is 22.7 Å². The fourth-order valence-corrected chi connectivity index (χ4v) is 5.12. The second-order valence-corrected chi connectivity index (χ2v) is 8.88. The van der Waals surface area contributed by atoms with Crippen LogP contribution in [0.5, 0.6) is 0 Å². The van der Waals surface area contributed by atoms with Crippen LogP contribution >= 0.6 is 22.7 Å². The van der Waals surface area contributed by atoms with Gasteiger partial charge in [-0.15, -0.1) is 22.7 Å². The van der Waals surface area contributed by atoms with E-state index in [1.807, 2.05) is 22.7 Å². The predicted molar refractivity (Wildman–Crippen MR) is 94.7 cm³/mol. The van der Waals surface area contributed by atoms with Crippen molar-refractivity contribution in [3.8, 4) is 0 Å². The van der Waals surface area contributed by atoms with Crippen LogP contribution < -0.4 is 5.32 Å². The van der Waals surface area contributed by atoms with Gasteiger partial charge in [0.2, 0.25) is 0 Å². The first-order chi connectivity index (χ1) is 10.1. The standard InChI is InChI=1S/C18H25NS2/c1-13(16-11-14-7-4-5-8-15(14)21-16)19-12-18(2,3)17-9-6-10-20-17/h6,9-11,13,19H,4-5,7-8,12H2,1-3H3. The van der Waals surface area contributed by atoms with Gasteiger partial charge >= 0.3 is 0 Å². The highest BCUT2D eigenvalue weighted by atomic mass is 32.1. The molecule has 114 valence electrons. The number of fused-ring (bicyclic) bond motifs is 1. The Morgan fingerprint density at radius 1 is 1.29 bits per heavy atom. The first-order valence-corrected chi connectivity index (χ1v) is 9.65. The lowest BCUT2D eigenvalue weighted by atomic mass is 9.91. The highest BCUT2D eigenvalue weighted by molar-refractivity contribution is 7.12. The van der Waals surface area contributed by atoms with Crippen molar-refractivity contribution in [1.29, 1.82) is 0 Å². The molecule has 1 nitrogen and oxygen atoms in total. The highest BCUT2D eigenvalue weighted by Gasteiger charge is 2.23. The van der Waals surface area contributed by atoms with Crippen molar-refractivity contribution in [3.63, 3.8) is 0 Å². The largest absolute Gasteiger partial charge is 0.309 e. The Balaban J connectivity index is 1.64. The lowest BCUT2D eigenvalue weighted by Crippen LogP contribution is -2.33. The molecule has 1 atom stereocenters. The molecule has 0 fully saturated rings. The van der Waals surface area contributed by atoms with Gasteiger partial charge in [-0.25, -0.2) is 0 Å². The summed E-state index contributed by atoms with van der Waals surface area (Å²) >= 11 is 3.89. The fraction of sp³-hybridized carbons (Fsp3) is 0.556. The van der Waals surface area contributed by atoms with E-state index in [1.165, 1.54) is 35.4 Å². The molecule has 0 spiro atoms. The van der Waals surface area contributed by atoms with Gasteiger partial charge in [-0.1, -0.05) is 19.9 Å². The highest BCUT2D eigenvalue weighted by Crippen LogP contribution is 2.33. The van der Waals surface area contributed by atoms with E-state index >= 15 is 0 Å². The Morgan fingerprint density at radius 2 is 2.10 bits per heavy atom. The Hall–Kier alpha value is -0.640. The van der Waals surface area contributed by atoms with Gasteiger partial charge in [0, 0.05) is 32.6 Å². The van der Waals surface area contributed by atoms with Gasteiger partial charge in [-0.2, -0.15) is 0 Å². The Morgan fingerprint density at radius 3 is 2.81 bits per heavy atom. The molecule has 0 bridgehead atoms. The number of aryl methyl sites for hydroxylation is 2. The van der Waals surface area contributed by atoms with Crippen LogP contribution in [0.3, 0.4) is 0 Å². The van der Waals surface area contributed by atoms with E-state index in [0.29, 0.717) is 6.04 Å². The molecule has 1 N–H and O–H groups in total. The number of nitrogens with one attached hydrogen (secondary N) is 1. The first kappa shape index (κ1) is 15.3. The zero-order chi connectivity index (χ0) is 14.9. The summed E-state index contributed by atoms with van der Waals surface area (Å²) in [6, 6.07) is 7.31. The lowest BCUT2D eigenvalue weighted by Gasteiger charge is -2.26. The van der Waals surface area contributed by atoms with Gasteiger partial charge in [-0.05, 0) is 55.7 Å². The Bertz CT molecular complexity index is 557. The first-order valence-electron chi connectivity index (χ1n) is 7.95. The van der Waals surface area contributed by atoms with E-state index in [1.54, 1.807) is 10.4 Å². The van der Waals surface area contributed by atoms with E-state index in [4.69, 9.17) is 0 Å². The number of hydrogen-bond acceptors (Lipinski definition) is 3. The van der Waals surface area contributed by atoms with Crippen LogP contribution in [0.4, 0.5) is 0 Å². The summed E-state index contributed by atoms with van der Waals surface area (Å²) in [5.41, 5.74) is 1.83. The van der Waals surface area contributed by atoms with Crippen LogP contribution in [-0.2, 0) is 18.3 Å². The molecule has 3 heteroatoms. The van der Waals surface area contributed by atoms with Gasteiger partial charge in [-0.3, -0.25) is 0 Å². The van der Waals surface area contributed by atoms with Crippen LogP contribution in [0.25, 0.3) is 0 Å². The van der Waals surface area contributed by atoms with Crippen molar-refractivity contribution in [2.24, 2.45) is 0 Å². The third kappa shape index (κ3) is 3.41. The SMILES string of the molecule is CC(NCC(C)(C)c1cccs1)c1cc2c(s1)CCCC2. The molecule has 1 aliphatic carbocycles. The summed E-state index contributed by atoms with van der Waals surface area (Å²) in [4.78, 5) is 4.62. The van der Waals surface area contributed by atoms with Gasteiger partial charge in [0.05, 0.1) is 0 Å². The predicted octanol–water partition coefficient (Wildman–Crippen LogP) is 5.32. The molecule has 2 heterocycles. The van der Waals surface area contributed by atoms with Crippen LogP contribution in [-0.4, -0.2) is 6.54 Å². The maximum absolute atomic E-state index is 3.75. The number of thiophene rings is 2. The lowest BCUT2D eigenvalue weighted by molar-refractivity contribution is 0.444. The second-order valence-electron chi connectivity index (χ2n) is 6.77. The van der Waals surface area contributed by atoms with Crippen molar-refractivity contribution in [2.45, 2.75) is 57.9 Å². The molecule has 0 aromatic carbocycles. The van der Waals surface area contributed by atoms with Crippen LogP contribution in [0.15, 0.2) is 23.6 Å². The molecule has 1 unspecified atom stereocenters. The third-order valence-electron chi connectivity index (χ3n) is 4.48. The summed E-state index contributed by atoms with van der Waals surface area (Å²) in [6.45, 7) is 8.00. The minimum Gasteiger partial charge on any atom is -0.309 e. The number of rotatable bonds is 5. The summed E-state index contributed by atoms with van der Waals surface area (Å²) in [7, 11) is 0. The van der Waals surface area contributed by atoms with E-state index in [2.05, 4.69) is 49.7 Å². The zero-order valence-corrected chi connectivity index (χ0v) is 14.9. The summed E-state index contributed by atoms with van der Waals surface area (Å²) in [6.07, 6.45) is 5.34. The molecular formula is C18H25NS2. The molecule has 0 radical (unpaired) electrons. The Kier molecular flexibility index (Phi) is 4.53. The van der Waals surface area contributed by atoms with Gasteiger partial charge in [0.1, 0.15) is 0 Å². The van der Waals surface area contributed by atoms with Gasteiger partial charge < -0.3 is 5.32 Å². The average Bonchev–Trinajstić information content (AvgIpc) is 3.13. The normalized spacial score (nSPS) is 16.7. The van der Waals surface area contributed by atoms with Crippen molar-refractivity contribution < 1.29 is 0 Å². The summed E-state index contributed by atoms with van der Waals surface area (Å²) in [5.74, 6) is 0. The zero-order valence-electron chi connectivity index (χ0n) is 13.2. The average molecular weight is 320 g/mol. The quantitative estimate of drug-likeness (QED) is 0.787. The maximum atomic E-state index is 3.75. The molecule has 21 heavy (non-hydrogen) atoms. The minimum atomic E-state index is 0.208. The van der Waals surface area contributed by atoms with E-state index in [0.717, 1.165) is 6.54 Å². The maximum Gasteiger partial charge on any atom is 0.0386 e. The Labute approximate surface area is 136 Å². The number of hydrogen-bond donors (Lipinski definition) is 1. The molecule has 0 saturated carbocycles. The monoisotopic (exact) mass is 319 g/mol. The molecule has 2 aromatic heterocycles. The molecule has 0 amide bonds. The summed E-state index contributed by atoms with van der Waals surface area (Å²) in [5, 5.41) is 5.93. The third-order valence-corrected chi connectivity index (χ3v) is 7.14. The molecule has 0 saturated heterocycles. The topological polar surface area (TPSA) is 12.0 Å². The van der Waals surface area contributed by atoms with E-state index in [9.17, 15) is 0 Å². The molecule has 0 aliphatic heterocycles. The molecule has 3 rings (SSSR count). The molecular weight excluding hydrogens is 294 g/mol. The van der Waals surface area contributed by atoms with Gasteiger partial charge in [0.25, 0.3) is 0 Å². The van der Waals surface area contributed by atoms with E-state index < -0.39 is 0 Å². The van der Waals surface area contributed by atoms with Crippen LogP contribution in [0.2, 0.25) is 0 Å². The van der Waals surface area contributed by atoms with Crippen molar-refractivity contribution in [3.05, 3.63) is 43.8 Å². The van der Waals surface area contributed by atoms with Crippen molar-refractivity contribution in [1.82, 2.24) is 5.32 Å². The molecule has 1 aliphatic rings.